The maximum atomic E-state index is 2.65. The molecule has 0 aromatic heterocycles. The molecule has 34 heavy (non-hydrogen) atoms. The van der Waals surface area contributed by atoms with Crippen molar-refractivity contribution in [1.82, 2.24) is 9.80 Å². The van der Waals surface area contributed by atoms with Gasteiger partial charge in [-0.3, -0.25) is 0 Å². The Bertz CT molecular complexity index is 444. The molecule has 2 nitrogen and oxygen atoms in total. The highest BCUT2D eigenvalue weighted by Gasteiger charge is 2.26. The normalized spacial score (nSPS) is 15.9. The molecule has 0 radical (unpaired) electrons. The van der Waals surface area contributed by atoms with Crippen molar-refractivity contribution in [1.29, 1.82) is 0 Å². The highest BCUT2D eigenvalue weighted by molar-refractivity contribution is 4.98. The Hall–Kier alpha value is -0.660. The van der Waals surface area contributed by atoms with Crippen LogP contribution >= 0.6 is 0 Å². The van der Waals surface area contributed by atoms with Crippen LogP contribution in [0.15, 0.2) is 12.4 Å². The van der Waals surface area contributed by atoms with Gasteiger partial charge in [0.2, 0.25) is 0 Å². The molecule has 0 spiro atoms. The number of hydrogen-bond acceptors (Lipinski definition) is 2. The molecule has 2 heteroatoms. The molecular weight excluding hydrogens is 412 g/mol. The standard InChI is InChI=1S/C32H64N2/c1-5-7-9-11-13-14-15-16-17-18-19-20-21-22-24-26-28-33-29-30-34(31(3)4)32(33)27-25-23-12-10-8-6-2/h29-32H,5-28H2,1-4H3. The summed E-state index contributed by atoms with van der Waals surface area (Å²) >= 11 is 0. The van der Waals surface area contributed by atoms with Crippen molar-refractivity contribution in [3.05, 3.63) is 12.4 Å². The van der Waals surface area contributed by atoms with E-state index >= 15 is 0 Å². The van der Waals surface area contributed by atoms with Crippen molar-refractivity contribution in [3.63, 3.8) is 0 Å². The van der Waals surface area contributed by atoms with Gasteiger partial charge in [0.05, 0.1) is 0 Å². The minimum absolute atomic E-state index is 0.608. The van der Waals surface area contributed by atoms with Gasteiger partial charge in [-0.1, -0.05) is 142 Å². The fraction of sp³-hybridized carbons (Fsp3) is 0.938. The Labute approximate surface area is 216 Å². The van der Waals surface area contributed by atoms with Crippen LogP contribution < -0.4 is 0 Å². The lowest BCUT2D eigenvalue weighted by molar-refractivity contribution is 0.114. The molecule has 0 saturated carbocycles. The van der Waals surface area contributed by atoms with Crippen molar-refractivity contribution >= 4 is 0 Å². The Kier molecular flexibility index (Phi) is 21.0. The topological polar surface area (TPSA) is 6.48 Å². The zero-order valence-corrected chi connectivity index (χ0v) is 24.2. The molecule has 0 bridgehead atoms. The molecule has 0 fully saturated rings. The molecule has 0 aromatic rings. The van der Waals surface area contributed by atoms with Crippen LogP contribution in [0.3, 0.4) is 0 Å². The first-order valence-electron chi connectivity index (χ1n) is 15.9. The van der Waals surface area contributed by atoms with Crippen LogP contribution in [0.25, 0.3) is 0 Å². The Morgan fingerprint density at radius 2 is 0.882 bits per heavy atom. The van der Waals surface area contributed by atoms with E-state index < -0.39 is 0 Å². The second-order valence-corrected chi connectivity index (χ2v) is 11.4. The summed E-state index contributed by atoms with van der Waals surface area (Å²) in [6.07, 6.45) is 38.3. The lowest BCUT2D eigenvalue weighted by atomic mass is 10.0. The van der Waals surface area contributed by atoms with Gasteiger partial charge in [0.15, 0.2) is 0 Å². The lowest BCUT2D eigenvalue weighted by Gasteiger charge is -2.35. The van der Waals surface area contributed by atoms with E-state index in [0.717, 1.165) is 0 Å². The summed E-state index contributed by atoms with van der Waals surface area (Å²) in [7, 11) is 0. The summed E-state index contributed by atoms with van der Waals surface area (Å²) in [6.45, 7) is 10.5. The fourth-order valence-electron chi connectivity index (χ4n) is 5.54. The third kappa shape index (κ3) is 16.1. The third-order valence-electron chi connectivity index (χ3n) is 7.84. The van der Waals surface area contributed by atoms with Gasteiger partial charge in [-0.2, -0.15) is 0 Å². The first kappa shape index (κ1) is 31.4. The molecule has 1 aliphatic heterocycles. The van der Waals surface area contributed by atoms with Gasteiger partial charge in [0, 0.05) is 25.0 Å². The van der Waals surface area contributed by atoms with Gasteiger partial charge in [0.25, 0.3) is 0 Å². The quantitative estimate of drug-likeness (QED) is 0.121. The van der Waals surface area contributed by atoms with Crippen molar-refractivity contribution in [2.75, 3.05) is 6.54 Å². The molecular formula is C32H64N2. The van der Waals surface area contributed by atoms with Gasteiger partial charge in [-0.05, 0) is 33.1 Å². The van der Waals surface area contributed by atoms with Crippen molar-refractivity contribution < 1.29 is 0 Å². The van der Waals surface area contributed by atoms with E-state index in [0.29, 0.717) is 12.2 Å². The number of nitrogens with zero attached hydrogens (tertiary/aromatic N) is 2. The molecule has 0 aromatic carbocycles. The summed E-state index contributed by atoms with van der Waals surface area (Å²) in [5.74, 6) is 0. The average molecular weight is 477 g/mol. The molecule has 0 saturated heterocycles. The molecule has 0 amide bonds. The first-order chi connectivity index (χ1) is 16.7. The highest BCUT2D eigenvalue weighted by Crippen LogP contribution is 2.25. The van der Waals surface area contributed by atoms with E-state index in [1.807, 2.05) is 0 Å². The van der Waals surface area contributed by atoms with Crippen LogP contribution in [0.1, 0.15) is 175 Å². The van der Waals surface area contributed by atoms with Crippen LogP contribution in [-0.2, 0) is 0 Å². The molecule has 1 aliphatic rings. The SMILES string of the molecule is CCCCCCCCCCCCCCCCCCN1C=CN(C(C)C)C1CCCCCCCC. The van der Waals surface area contributed by atoms with Crippen LogP contribution in [0.4, 0.5) is 0 Å². The maximum absolute atomic E-state index is 2.65. The third-order valence-corrected chi connectivity index (χ3v) is 7.84. The van der Waals surface area contributed by atoms with Gasteiger partial charge in [-0.25, -0.2) is 0 Å². The van der Waals surface area contributed by atoms with Crippen LogP contribution in [0.5, 0.6) is 0 Å². The second kappa shape index (κ2) is 22.8. The van der Waals surface area contributed by atoms with E-state index in [4.69, 9.17) is 0 Å². The Balaban J connectivity index is 1.98. The second-order valence-electron chi connectivity index (χ2n) is 11.4. The predicted octanol–water partition coefficient (Wildman–Crippen LogP) is 10.8. The van der Waals surface area contributed by atoms with Crippen LogP contribution in [0, 0.1) is 0 Å². The van der Waals surface area contributed by atoms with Crippen molar-refractivity contribution in [2.24, 2.45) is 0 Å². The van der Waals surface area contributed by atoms with E-state index in [1.54, 1.807) is 0 Å². The summed E-state index contributed by atoms with van der Waals surface area (Å²) < 4.78 is 0. The molecule has 202 valence electrons. The summed E-state index contributed by atoms with van der Waals surface area (Å²) in [6, 6.07) is 0.608. The van der Waals surface area contributed by atoms with E-state index in [-0.39, 0.29) is 0 Å². The summed E-state index contributed by atoms with van der Waals surface area (Å²) in [5, 5.41) is 0. The van der Waals surface area contributed by atoms with E-state index in [9.17, 15) is 0 Å². The zero-order chi connectivity index (χ0) is 24.7. The van der Waals surface area contributed by atoms with Gasteiger partial charge in [-0.15, -0.1) is 0 Å². The van der Waals surface area contributed by atoms with E-state index in [1.165, 1.54) is 154 Å². The molecule has 1 heterocycles. The molecule has 1 rings (SSSR count). The minimum Gasteiger partial charge on any atom is -0.356 e. The Morgan fingerprint density at radius 3 is 1.29 bits per heavy atom. The minimum atomic E-state index is 0.608. The van der Waals surface area contributed by atoms with Gasteiger partial charge in [0.1, 0.15) is 6.17 Å². The van der Waals surface area contributed by atoms with Crippen molar-refractivity contribution in [2.45, 2.75) is 188 Å². The van der Waals surface area contributed by atoms with Crippen LogP contribution in [0.2, 0.25) is 0 Å². The first-order valence-corrected chi connectivity index (χ1v) is 15.9. The highest BCUT2D eigenvalue weighted by atomic mass is 15.4. The fourth-order valence-corrected chi connectivity index (χ4v) is 5.54. The summed E-state index contributed by atoms with van der Waals surface area (Å²) in [4.78, 5) is 5.24. The smallest absolute Gasteiger partial charge is 0.101 e. The lowest BCUT2D eigenvalue weighted by Crippen LogP contribution is -2.42. The molecule has 0 N–H and O–H groups in total. The van der Waals surface area contributed by atoms with E-state index in [2.05, 4.69) is 49.9 Å². The molecule has 1 atom stereocenters. The Morgan fingerprint density at radius 1 is 0.500 bits per heavy atom. The maximum Gasteiger partial charge on any atom is 0.101 e. The predicted molar refractivity (Wildman–Crippen MR) is 154 cm³/mol. The number of rotatable bonds is 25. The average Bonchev–Trinajstić information content (AvgIpc) is 3.24. The van der Waals surface area contributed by atoms with Crippen molar-refractivity contribution in [3.8, 4) is 0 Å². The largest absolute Gasteiger partial charge is 0.356 e. The molecule has 1 unspecified atom stereocenters. The molecule has 0 aliphatic carbocycles. The summed E-state index contributed by atoms with van der Waals surface area (Å²) in [5.41, 5.74) is 0. The van der Waals surface area contributed by atoms with Gasteiger partial charge < -0.3 is 9.80 Å². The van der Waals surface area contributed by atoms with Gasteiger partial charge >= 0.3 is 0 Å². The number of unbranched alkanes of at least 4 members (excludes halogenated alkanes) is 20. The monoisotopic (exact) mass is 477 g/mol. The zero-order valence-electron chi connectivity index (χ0n) is 24.2. The van der Waals surface area contributed by atoms with Crippen LogP contribution in [-0.4, -0.2) is 28.6 Å². The number of hydrogen-bond donors (Lipinski definition) is 0.